The molecule has 1 fully saturated rings. The van der Waals surface area contributed by atoms with Crippen LogP contribution in [0.1, 0.15) is 30.5 Å². The van der Waals surface area contributed by atoms with Gasteiger partial charge in [0, 0.05) is 10.4 Å². The predicted octanol–water partition coefficient (Wildman–Crippen LogP) is 4.05. The molecule has 6 nitrogen and oxygen atoms in total. The Balaban J connectivity index is 1.44. The number of thioether (sulfide) groups is 1. The number of hydrogen-bond acceptors (Lipinski definition) is 7. The average Bonchev–Trinajstić information content (AvgIpc) is 3.09. The van der Waals surface area contributed by atoms with Crippen LogP contribution in [-0.4, -0.2) is 20.3 Å². The average molecular weight is 379 g/mol. The molecule has 4 rings (SSSR count). The molecule has 1 aliphatic carbocycles. The van der Waals surface area contributed by atoms with Crippen molar-refractivity contribution in [1.82, 2.24) is 20.3 Å². The predicted molar refractivity (Wildman–Crippen MR) is 83.3 cm³/mol. The van der Waals surface area contributed by atoms with Crippen LogP contribution in [0.15, 0.2) is 42.9 Å². The van der Waals surface area contributed by atoms with E-state index in [1.165, 1.54) is 11.8 Å². The molecule has 1 aromatic carbocycles. The molecule has 1 aliphatic rings. The van der Waals surface area contributed by atoms with Gasteiger partial charge in [-0.1, -0.05) is 29.1 Å². The first-order chi connectivity index (χ1) is 10.8. The van der Waals surface area contributed by atoms with Gasteiger partial charge >= 0.3 is 0 Å². The molecule has 0 atom stereocenters. The Kier molecular flexibility index (Phi) is 3.71. The van der Waals surface area contributed by atoms with Crippen molar-refractivity contribution >= 4 is 27.7 Å². The van der Waals surface area contributed by atoms with Crippen LogP contribution in [0.4, 0.5) is 0 Å². The summed E-state index contributed by atoms with van der Waals surface area (Å²) >= 11 is 4.87. The zero-order chi connectivity index (χ0) is 14.9. The molecular weight excluding hydrogens is 368 g/mol. The number of aromatic nitrogens is 4. The van der Waals surface area contributed by atoms with Gasteiger partial charge in [0.25, 0.3) is 5.22 Å². The van der Waals surface area contributed by atoms with Crippen molar-refractivity contribution in [1.29, 1.82) is 0 Å². The topological polar surface area (TPSA) is 77.8 Å². The maximum absolute atomic E-state index is 5.66. The molecule has 2 heterocycles. The second kappa shape index (κ2) is 5.85. The van der Waals surface area contributed by atoms with E-state index in [-0.39, 0.29) is 0 Å². The molecular formula is C14H11BrN4O2S. The van der Waals surface area contributed by atoms with Crippen LogP contribution in [0.3, 0.4) is 0 Å². The van der Waals surface area contributed by atoms with Gasteiger partial charge in [-0.3, -0.25) is 0 Å². The summed E-state index contributed by atoms with van der Waals surface area (Å²) in [5, 5.41) is 12.6. The number of hydrogen-bond donors (Lipinski definition) is 0. The Labute approximate surface area is 138 Å². The minimum atomic E-state index is 0.469. The lowest BCUT2D eigenvalue weighted by Crippen LogP contribution is -1.85. The van der Waals surface area contributed by atoms with E-state index in [0.29, 0.717) is 28.6 Å². The van der Waals surface area contributed by atoms with E-state index in [9.17, 15) is 0 Å². The third kappa shape index (κ3) is 2.93. The van der Waals surface area contributed by atoms with Gasteiger partial charge in [0.2, 0.25) is 11.8 Å². The molecule has 0 aliphatic heterocycles. The minimum Gasteiger partial charge on any atom is -0.411 e. The highest BCUT2D eigenvalue weighted by Crippen LogP contribution is 2.39. The van der Waals surface area contributed by atoms with Crippen LogP contribution in [0.2, 0.25) is 0 Å². The van der Waals surface area contributed by atoms with E-state index in [1.54, 1.807) is 0 Å². The van der Waals surface area contributed by atoms with E-state index >= 15 is 0 Å². The lowest BCUT2D eigenvalue weighted by Gasteiger charge is -1.96. The Morgan fingerprint density at radius 1 is 1.23 bits per heavy atom. The fourth-order valence-corrected chi connectivity index (χ4v) is 3.02. The lowest BCUT2D eigenvalue weighted by molar-refractivity contribution is 0.375. The molecule has 0 unspecified atom stereocenters. The molecule has 0 N–H and O–H groups in total. The van der Waals surface area contributed by atoms with Crippen LogP contribution in [0.25, 0.3) is 11.5 Å². The summed E-state index contributed by atoms with van der Waals surface area (Å²) in [7, 11) is 0. The molecule has 112 valence electrons. The van der Waals surface area contributed by atoms with E-state index in [2.05, 4.69) is 36.3 Å². The fraction of sp³-hybridized carbons (Fsp3) is 0.286. The molecule has 0 amide bonds. The van der Waals surface area contributed by atoms with Crippen molar-refractivity contribution in [2.45, 2.75) is 29.7 Å². The summed E-state index contributed by atoms with van der Waals surface area (Å²) in [6.45, 7) is 0. The Bertz CT molecular complexity index is 800. The summed E-state index contributed by atoms with van der Waals surface area (Å²) < 4.78 is 11.8. The summed E-state index contributed by atoms with van der Waals surface area (Å²) in [6, 6.07) is 7.72. The first kappa shape index (κ1) is 14.0. The Morgan fingerprint density at radius 3 is 2.91 bits per heavy atom. The van der Waals surface area contributed by atoms with Gasteiger partial charge in [-0.25, -0.2) is 0 Å². The largest absolute Gasteiger partial charge is 0.411 e. The number of halogens is 1. The maximum Gasteiger partial charge on any atom is 0.277 e. The monoisotopic (exact) mass is 378 g/mol. The van der Waals surface area contributed by atoms with Crippen molar-refractivity contribution in [3.05, 3.63) is 40.5 Å². The normalized spacial score (nSPS) is 14.4. The molecule has 0 saturated heterocycles. The third-order valence-electron chi connectivity index (χ3n) is 3.25. The van der Waals surface area contributed by atoms with E-state index in [1.807, 2.05) is 24.3 Å². The standard InChI is InChI=1S/C14H11BrN4O2S/c15-10-4-2-1-3-9(10)13-17-18-14(20-13)22-7-11-16-12(21-19-11)8-5-6-8/h1-4,8H,5-7H2. The first-order valence-corrected chi connectivity index (χ1v) is 8.61. The second-order valence-electron chi connectivity index (χ2n) is 4.96. The second-order valence-corrected chi connectivity index (χ2v) is 6.75. The van der Waals surface area contributed by atoms with Crippen molar-refractivity contribution < 1.29 is 8.94 Å². The maximum atomic E-state index is 5.66. The Morgan fingerprint density at radius 2 is 2.09 bits per heavy atom. The van der Waals surface area contributed by atoms with Crippen LogP contribution in [-0.2, 0) is 5.75 Å². The highest BCUT2D eigenvalue weighted by Gasteiger charge is 2.29. The van der Waals surface area contributed by atoms with Crippen molar-refractivity contribution in [3.63, 3.8) is 0 Å². The first-order valence-electron chi connectivity index (χ1n) is 6.83. The third-order valence-corrected chi connectivity index (χ3v) is 4.75. The highest BCUT2D eigenvalue weighted by molar-refractivity contribution is 9.10. The molecule has 0 bridgehead atoms. The van der Waals surface area contributed by atoms with Crippen molar-refractivity contribution in [2.24, 2.45) is 0 Å². The van der Waals surface area contributed by atoms with Gasteiger partial charge in [-0.15, -0.1) is 10.2 Å². The fourth-order valence-electron chi connectivity index (χ4n) is 1.96. The van der Waals surface area contributed by atoms with Gasteiger partial charge in [-0.2, -0.15) is 4.98 Å². The lowest BCUT2D eigenvalue weighted by atomic mass is 10.2. The molecule has 0 spiro atoms. The summed E-state index contributed by atoms with van der Waals surface area (Å²) in [4.78, 5) is 4.37. The zero-order valence-electron chi connectivity index (χ0n) is 11.4. The molecule has 3 aromatic rings. The molecule has 8 heteroatoms. The number of nitrogens with zero attached hydrogens (tertiary/aromatic N) is 4. The van der Waals surface area contributed by atoms with Crippen LogP contribution >= 0.6 is 27.7 Å². The van der Waals surface area contributed by atoms with Gasteiger partial charge in [-0.05, 0) is 40.9 Å². The SMILES string of the molecule is Brc1ccccc1-c1nnc(SCc2noc(C3CC3)n2)o1. The highest BCUT2D eigenvalue weighted by atomic mass is 79.9. The molecule has 0 radical (unpaired) electrons. The molecule has 2 aromatic heterocycles. The minimum absolute atomic E-state index is 0.469. The van der Waals surface area contributed by atoms with Gasteiger partial charge in [0.1, 0.15) is 0 Å². The van der Waals surface area contributed by atoms with Crippen LogP contribution < -0.4 is 0 Å². The quantitative estimate of drug-likeness (QED) is 0.619. The van der Waals surface area contributed by atoms with Gasteiger partial charge in [0.05, 0.1) is 11.3 Å². The van der Waals surface area contributed by atoms with E-state index in [4.69, 9.17) is 8.94 Å². The molecule has 1 saturated carbocycles. The zero-order valence-corrected chi connectivity index (χ0v) is 13.8. The number of rotatable bonds is 5. The van der Waals surface area contributed by atoms with Gasteiger partial charge < -0.3 is 8.94 Å². The summed E-state index contributed by atoms with van der Waals surface area (Å²) in [5.74, 6) is 2.91. The van der Waals surface area contributed by atoms with Crippen LogP contribution in [0, 0.1) is 0 Å². The van der Waals surface area contributed by atoms with Crippen LogP contribution in [0.5, 0.6) is 0 Å². The van der Waals surface area contributed by atoms with E-state index in [0.717, 1.165) is 28.8 Å². The van der Waals surface area contributed by atoms with E-state index < -0.39 is 0 Å². The van der Waals surface area contributed by atoms with Crippen molar-refractivity contribution in [3.8, 4) is 11.5 Å². The Hall–Kier alpha value is -1.67. The number of benzene rings is 1. The van der Waals surface area contributed by atoms with Crippen molar-refractivity contribution in [2.75, 3.05) is 0 Å². The smallest absolute Gasteiger partial charge is 0.277 e. The van der Waals surface area contributed by atoms with Gasteiger partial charge in [0.15, 0.2) is 5.82 Å². The molecule has 22 heavy (non-hydrogen) atoms. The summed E-state index contributed by atoms with van der Waals surface area (Å²) in [6.07, 6.45) is 2.29. The summed E-state index contributed by atoms with van der Waals surface area (Å²) in [5.41, 5.74) is 0.873.